The molecule has 0 aliphatic rings. The Labute approximate surface area is 78.4 Å². The summed E-state index contributed by atoms with van der Waals surface area (Å²) in [6.45, 7) is 0. The van der Waals surface area contributed by atoms with Crippen LogP contribution in [0.4, 0.5) is 0 Å². The molecule has 1 heterocycles. The lowest BCUT2D eigenvalue weighted by Gasteiger charge is -2.09. The molecule has 0 fully saturated rings. The van der Waals surface area contributed by atoms with Crippen molar-refractivity contribution in [2.75, 3.05) is 0 Å². The molecule has 1 atom stereocenters. The average Bonchev–Trinajstić information content (AvgIpc) is 2.19. The second-order valence-electron chi connectivity index (χ2n) is 2.88. The first-order chi connectivity index (χ1) is 6.34. The van der Waals surface area contributed by atoms with Crippen molar-refractivity contribution in [3.63, 3.8) is 0 Å². The van der Waals surface area contributed by atoms with Gasteiger partial charge in [-0.2, -0.15) is 10.2 Å². The Hall–Kier alpha value is -1.40. The van der Waals surface area contributed by atoms with Crippen LogP contribution in [0.15, 0.2) is 18.5 Å². The van der Waals surface area contributed by atoms with E-state index in [-0.39, 0.29) is 6.04 Å². The Balaban J connectivity index is 2.41. The molecule has 0 aliphatic heterocycles. The van der Waals surface area contributed by atoms with Crippen molar-refractivity contribution in [1.82, 2.24) is 10.2 Å². The van der Waals surface area contributed by atoms with Gasteiger partial charge in [-0.15, -0.1) is 12.3 Å². The van der Waals surface area contributed by atoms with Gasteiger partial charge in [0.05, 0.1) is 6.20 Å². The molecule has 0 saturated carbocycles. The zero-order valence-corrected chi connectivity index (χ0v) is 7.48. The van der Waals surface area contributed by atoms with E-state index in [4.69, 9.17) is 12.2 Å². The minimum Gasteiger partial charge on any atom is -0.324 e. The smallest absolute Gasteiger partial charge is 0.0543 e. The van der Waals surface area contributed by atoms with E-state index in [0.717, 1.165) is 24.8 Å². The molecule has 1 unspecified atom stereocenters. The fourth-order valence-corrected chi connectivity index (χ4v) is 1.11. The molecule has 0 radical (unpaired) electrons. The molecule has 1 aromatic rings. The molecule has 1 rings (SSSR count). The molecule has 2 N–H and O–H groups in total. The van der Waals surface area contributed by atoms with Gasteiger partial charge in [-0.3, -0.25) is 0 Å². The van der Waals surface area contributed by atoms with Gasteiger partial charge in [0.15, 0.2) is 0 Å². The standard InChI is InChI=1S/C10H13N3/c1-2-3-4-5-10(11)9-6-7-12-13-8-9/h1,6-8,10H,3-5,11H2. The van der Waals surface area contributed by atoms with Crippen LogP contribution in [0.3, 0.4) is 0 Å². The summed E-state index contributed by atoms with van der Waals surface area (Å²) in [6.07, 6.45) is 11.1. The molecule has 3 heteroatoms. The monoisotopic (exact) mass is 175 g/mol. The van der Waals surface area contributed by atoms with Crippen molar-refractivity contribution in [1.29, 1.82) is 0 Å². The highest BCUT2D eigenvalue weighted by Crippen LogP contribution is 2.14. The topological polar surface area (TPSA) is 51.8 Å². The minimum absolute atomic E-state index is 0.0313. The maximum absolute atomic E-state index is 5.90. The Kier molecular flexibility index (Phi) is 3.94. The molecule has 0 amide bonds. The summed E-state index contributed by atoms with van der Waals surface area (Å²) in [5.41, 5.74) is 6.92. The molecule has 0 aliphatic carbocycles. The van der Waals surface area contributed by atoms with E-state index in [9.17, 15) is 0 Å². The lowest BCUT2D eigenvalue weighted by molar-refractivity contribution is 0.617. The average molecular weight is 175 g/mol. The second-order valence-corrected chi connectivity index (χ2v) is 2.88. The van der Waals surface area contributed by atoms with Gasteiger partial charge in [0.1, 0.15) is 0 Å². The number of aromatic nitrogens is 2. The summed E-state index contributed by atoms with van der Waals surface area (Å²) < 4.78 is 0. The molecule has 1 aromatic heterocycles. The third kappa shape index (κ3) is 3.22. The van der Waals surface area contributed by atoms with E-state index in [1.54, 1.807) is 12.4 Å². The molecule has 0 aromatic carbocycles. The Morgan fingerprint density at radius 3 is 3.00 bits per heavy atom. The number of rotatable bonds is 4. The first kappa shape index (κ1) is 9.69. The number of nitrogens with two attached hydrogens (primary N) is 1. The predicted octanol–water partition coefficient (Wildman–Crippen LogP) is 1.28. The van der Waals surface area contributed by atoms with Crippen LogP contribution in [0.2, 0.25) is 0 Å². The molecule has 68 valence electrons. The summed E-state index contributed by atoms with van der Waals surface area (Å²) in [4.78, 5) is 0. The van der Waals surface area contributed by atoms with Crippen molar-refractivity contribution >= 4 is 0 Å². The maximum atomic E-state index is 5.90. The van der Waals surface area contributed by atoms with Gasteiger partial charge in [0.25, 0.3) is 0 Å². The molecule has 3 nitrogen and oxygen atoms in total. The first-order valence-corrected chi connectivity index (χ1v) is 4.30. The van der Waals surface area contributed by atoms with Gasteiger partial charge in [-0.05, 0) is 24.5 Å². The van der Waals surface area contributed by atoms with Gasteiger partial charge >= 0.3 is 0 Å². The molecular weight excluding hydrogens is 162 g/mol. The highest BCUT2D eigenvalue weighted by Gasteiger charge is 2.04. The van der Waals surface area contributed by atoms with Crippen LogP contribution >= 0.6 is 0 Å². The van der Waals surface area contributed by atoms with Crippen LogP contribution in [0.5, 0.6) is 0 Å². The molecule has 0 saturated heterocycles. The predicted molar refractivity (Wildman–Crippen MR) is 51.6 cm³/mol. The summed E-state index contributed by atoms with van der Waals surface area (Å²) in [5, 5.41) is 7.45. The fraction of sp³-hybridized carbons (Fsp3) is 0.400. The Morgan fingerprint density at radius 2 is 2.38 bits per heavy atom. The molecule has 0 spiro atoms. The van der Waals surface area contributed by atoms with Crippen LogP contribution in [0, 0.1) is 12.3 Å². The summed E-state index contributed by atoms with van der Waals surface area (Å²) in [7, 11) is 0. The van der Waals surface area contributed by atoms with Gasteiger partial charge in [-0.1, -0.05) is 0 Å². The zero-order chi connectivity index (χ0) is 9.52. The minimum atomic E-state index is 0.0313. The summed E-state index contributed by atoms with van der Waals surface area (Å²) >= 11 is 0. The van der Waals surface area contributed by atoms with Gasteiger partial charge in [-0.25, -0.2) is 0 Å². The van der Waals surface area contributed by atoms with E-state index in [1.807, 2.05) is 6.07 Å². The second kappa shape index (κ2) is 5.28. The van der Waals surface area contributed by atoms with E-state index in [1.165, 1.54) is 0 Å². The quantitative estimate of drug-likeness (QED) is 0.554. The van der Waals surface area contributed by atoms with Crippen LogP contribution in [0.1, 0.15) is 30.9 Å². The van der Waals surface area contributed by atoms with Crippen LogP contribution in [-0.4, -0.2) is 10.2 Å². The van der Waals surface area contributed by atoms with E-state index in [0.29, 0.717) is 0 Å². The first-order valence-electron chi connectivity index (χ1n) is 4.30. The van der Waals surface area contributed by atoms with Crippen LogP contribution in [-0.2, 0) is 0 Å². The van der Waals surface area contributed by atoms with Crippen LogP contribution in [0.25, 0.3) is 0 Å². The summed E-state index contributed by atoms with van der Waals surface area (Å²) in [6, 6.07) is 1.91. The van der Waals surface area contributed by atoms with Crippen molar-refractivity contribution in [2.45, 2.75) is 25.3 Å². The highest BCUT2D eigenvalue weighted by molar-refractivity contribution is 5.10. The zero-order valence-electron chi connectivity index (χ0n) is 7.48. The SMILES string of the molecule is C#CCCCC(N)c1ccnnc1. The van der Waals surface area contributed by atoms with Crippen molar-refractivity contribution in [2.24, 2.45) is 5.73 Å². The molecule has 0 bridgehead atoms. The van der Waals surface area contributed by atoms with Gasteiger partial charge in [0.2, 0.25) is 0 Å². The Morgan fingerprint density at radius 1 is 1.54 bits per heavy atom. The lowest BCUT2D eigenvalue weighted by Crippen LogP contribution is -2.10. The largest absolute Gasteiger partial charge is 0.324 e. The third-order valence-electron chi connectivity index (χ3n) is 1.87. The Bertz CT molecular complexity index is 276. The van der Waals surface area contributed by atoms with Crippen LogP contribution < -0.4 is 5.73 Å². The normalized spacial score (nSPS) is 12.0. The van der Waals surface area contributed by atoms with Gasteiger partial charge < -0.3 is 5.73 Å². The van der Waals surface area contributed by atoms with Crippen molar-refractivity contribution < 1.29 is 0 Å². The number of nitrogens with zero attached hydrogens (tertiary/aromatic N) is 2. The van der Waals surface area contributed by atoms with E-state index in [2.05, 4.69) is 16.1 Å². The van der Waals surface area contributed by atoms with Gasteiger partial charge in [0, 0.05) is 18.7 Å². The van der Waals surface area contributed by atoms with E-state index >= 15 is 0 Å². The third-order valence-corrected chi connectivity index (χ3v) is 1.87. The van der Waals surface area contributed by atoms with E-state index < -0.39 is 0 Å². The highest BCUT2D eigenvalue weighted by atomic mass is 15.1. The lowest BCUT2D eigenvalue weighted by atomic mass is 10.0. The molecule has 13 heavy (non-hydrogen) atoms. The summed E-state index contributed by atoms with van der Waals surface area (Å²) in [5.74, 6) is 2.59. The fourth-order valence-electron chi connectivity index (χ4n) is 1.11. The number of hydrogen-bond acceptors (Lipinski definition) is 3. The number of hydrogen-bond donors (Lipinski definition) is 1. The number of unbranched alkanes of at least 4 members (excludes halogenated alkanes) is 1. The molecular formula is C10H13N3. The number of terminal acetylenes is 1. The van der Waals surface area contributed by atoms with Crippen molar-refractivity contribution in [3.8, 4) is 12.3 Å². The van der Waals surface area contributed by atoms with Crippen molar-refractivity contribution in [3.05, 3.63) is 24.0 Å². The maximum Gasteiger partial charge on any atom is 0.0543 e.